The molecule has 2 aromatic rings. The summed E-state index contributed by atoms with van der Waals surface area (Å²) in [6.07, 6.45) is 0.383. The Hall–Kier alpha value is -2.49. The SMILES string of the molecule is CC(C)(C)OC(=O)N1c2ccccc2OC[C@@H]1Cc1ccccc1. The third-order valence-corrected chi connectivity index (χ3v) is 3.83. The van der Waals surface area contributed by atoms with Gasteiger partial charge in [-0.3, -0.25) is 4.90 Å². The van der Waals surface area contributed by atoms with Crippen molar-refractivity contribution in [1.82, 2.24) is 0 Å². The molecule has 0 aliphatic carbocycles. The number of benzene rings is 2. The van der Waals surface area contributed by atoms with Gasteiger partial charge in [-0.05, 0) is 44.9 Å². The molecular weight excluding hydrogens is 302 g/mol. The molecule has 0 radical (unpaired) electrons. The van der Waals surface area contributed by atoms with Crippen molar-refractivity contribution >= 4 is 11.8 Å². The highest BCUT2D eigenvalue weighted by atomic mass is 16.6. The lowest BCUT2D eigenvalue weighted by atomic mass is 10.0. The maximum Gasteiger partial charge on any atom is 0.415 e. The van der Waals surface area contributed by atoms with Crippen molar-refractivity contribution in [2.45, 2.75) is 38.8 Å². The monoisotopic (exact) mass is 325 g/mol. The molecule has 24 heavy (non-hydrogen) atoms. The maximum atomic E-state index is 12.8. The molecule has 1 atom stereocenters. The minimum Gasteiger partial charge on any atom is -0.489 e. The van der Waals surface area contributed by atoms with Crippen LogP contribution in [0.15, 0.2) is 54.6 Å². The van der Waals surface area contributed by atoms with Gasteiger partial charge in [0, 0.05) is 0 Å². The number of anilines is 1. The van der Waals surface area contributed by atoms with Gasteiger partial charge in [0.2, 0.25) is 0 Å². The predicted molar refractivity (Wildman–Crippen MR) is 94.6 cm³/mol. The highest BCUT2D eigenvalue weighted by molar-refractivity contribution is 5.91. The molecule has 2 aromatic carbocycles. The highest BCUT2D eigenvalue weighted by Crippen LogP contribution is 2.35. The van der Waals surface area contributed by atoms with Gasteiger partial charge < -0.3 is 9.47 Å². The summed E-state index contributed by atoms with van der Waals surface area (Å²) in [4.78, 5) is 14.6. The second-order valence-corrected chi connectivity index (χ2v) is 6.97. The molecule has 0 bridgehead atoms. The summed E-state index contributed by atoms with van der Waals surface area (Å²) in [7, 11) is 0. The topological polar surface area (TPSA) is 38.8 Å². The van der Waals surface area contributed by atoms with Crippen LogP contribution in [-0.4, -0.2) is 24.3 Å². The standard InChI is InChI=1S/C20H23NO3/c1-20(2,3)24-19(22)21-16(13-15-9-5-4-6-10-15)14-23-18-12-8-7-11-17(18)21/h4-12,16H,13-14H2,1-3H3/t16-/m0/s1. The second-order valence-electron chi connectivity index (χ2n) is 6.97. The molecule has 1 heterocycles. The first-order chi connectivity index (χ1) is 11.4. The van der Waals surface area contributed by atoms with Crippen LogP contribution in [0, 0.1) is 0 Å². The van der Waals surface area contributed by atoms with Crippen LogP contribution in [0.5, 0.6) is 5.75 Å². The van der Waals surface area contributed by atoms with Crippen molar-refractivity contribution in [2.75, 3.05) is 11.5 Å². The first-order valence-corrected chi connectivity index (χ1v) is 8.22. The lowest BCUT2D eigenvalue weighted by Crippen LogP contribution is -2.49. The average molecular weight is 325 g/mol. The smallest absolute Gasteiger partial charge is 0.415 e. The minimum atomic E-state index is -0.540. The van der Waals surface area contributed by atoms with Gasteiger partial charge in [0.1, 0.15) is 18.0 Å². The van der Waals surface area contributed by atoms with E-state index in [0.717, 1.165) is 5.69 Å². The Kier molecular flexibility index (Phi) is 4.47. The summed E-state index contributed by atoms with van der Waals surface area (Å²) < 4.78 is 11.5. The number of ether oxygens (including phenoxy) is 2. The molecule has 0 aromatic heterocycles. The molecule has 3 rings (SSSR count). The second kappa shape index (κ2) is 6.56. The first kappa shape index (κ1) is 16.4. The molecule has 1 aliphatic rings. The molecule has 4 nitrogen and oxygen atoms in total. The molecule has 0 spiro atoms. The molecular formula is C20H23NO3. The van der Waals surface area contributed by atoms with E-state index < -0.39 is 5.60 Å². The number of hydrogen-bond acceptors (Lipinski definition) is 3. The number of fused-ring (bicyclic) bond motifs is 1. The average Bonchev–Trinajstić information content (AvgIpc) is 2.54. The van der Waals surface area contributed by atoms with E-state index in [2.05, 4.69) is 12.1 Å². The Morgan fingerprint density at radius 1 is 1.12 bits per heavy atom. The summed E-state index contributed by atoms with van der Waals surface area (Å²) in [5.41, 5.74) is 1.39. The van der Waals surface area contributed by atoms with Crippen LogP contribution < -0.4 is 9.64 Å². The van der Waals surface area contributed by atoms with Crippen molar-refractivity contribution in [3.63, 3.8) is 0 Å². The summed E-state index contributed by atoms with van der Waals surface area (Å²) in [6, 6.07) is 17.6. The Morgan fingerprint density at radius 3 is 2.50 bits per heavy atom. The van der Waals surface area contributed by atoms with Gasteiger partial charge in [0.15, 0.2) is 0 Å². The molecule has 0 saturated heterocycles. The van der Waals surface area contributed by atoms with Gasteiger partial charge in [-0.25, -0.2) is 4.79 Å². The largest absolute Gasteiger partial charge is 0.489 e. The van der Waals surface area contributed by atoms with E-state index in [9.17, 15) is 4.79 Å². The minimum absolute atomic E-state index is 0.0999. The van der Waals surface area contributed by atoms with Gasteiger partial charge in [-0.2, -0.15) is 0 Å². The summed E-state index contributed by atoms with van der Waals surface area (Å²) in [5.74, 6) is 0.715. The Labute approximate surface area is 143 Å². The fourth-order valence-electron chi connectivity index (χ4n) is 2.83. The van der Waals surface area contributed by atoms with Crippen LogP contribution in [0.3, 0.4) is 0 Å². The third kappa shape index (κ3) is 3.70. The van der Waals surface area contributed by atoms with Crippen molar-refractivity contribution < 1.29 is 14.3 Å². The van der Waals surface area contributed by atoms with E-state index >= 15 is 0 Å². The molecule has 0 unspecified atom stereocenters. The van der Waals surface area contributed by atoms with Gasteiger partial charge in [0.05, 0.1) is 11.7 Å². The number of para-hydroxylation sites is 2. The highest BCUT2D eigenvalue weighted by Gasteiger charge is 2.35. The van der Waals surface area contributed by atoms with E-state index in [1.54, 1.807) is 4.90 Å². The number of rotatable bonds is 2. The van der Waals surface area contributed by atoms with Crippen LogP contribution in [0.4, 0.5) is 10.5 Å². The zero-order valence-electron chi connectivity index (χ0n) is 14.4. The van der Waals surface area contributed by atoms with Crippen LogP contribution in [0.2, 0.25) is 0 Å². The summed E-state index contributed by atoms with van der Waals surface area (Å²) in [6.45, 7) is 6.08. The van der Waals surface area contributed by atoms with Crippen LogP contribution in [0.25, 0.3) is 0 Å². The molecule has 4 heteroatoms. The third-order valence-electron chi connectivity index (χ3n) is 3.83. The van der Waals surface area contributed by atoms with Gasteiger partial charge >= 0.3 is 6.09 Å². The van der Waals surface area contributed by atoms with Crippen LogP contribution in [0.1, 0.15) is 26.3 Å². The Bertz CT molecular complexity index is 706. The Morgan fingerprint density at radius 2 is 1.79 bits per heavy atom. The van der Waals surface area contributed by atoms with E-state index in [1.807, 2.05) is 63.2 Å². The first-order valence-electron chi connectivity index (χ1n) is 8.22. The van der Waals surface area contributed by atoms with Gasteiger partial charge in [-0.1, -0.05) is 42.5 Å². The van der Waals surface area contributed by atoms with Crippen molar-refractivity contribution in [3.8, 4) is 5.75 Å². The quantitative estimate of drug-likeness (QED) is 0.820. The van der Waals surface area contributed by atoms with Crippen molar-refractivity contribution in [1.29, 1.82) is 0 Å². The maximum absolute atomic E-state index is 12.8. The number of nitrogens with zero attached hydrogens (tertiary/aromatic N) is 1. The van der Waals surface area contributed by atoms with E-state index in [-0.39, 0.29) is 12.1 Å². The summed E-state index contributed by atoms with van der Waals surface area (Å²) in [5, 5.41) is 0. The molecule has 126 valence electrons. The molecule has 0 fully saturated rings. The number of hydrogen-bond donors (Lipinski definition) is 0. The molecule has 0 saturated carbocycles. The number of carbonyl (C=O) groups is 1. The Balaban J connectivity index is 1.91. The lowest BCUT2D eigenvalue weighted by molar-refractivity contribution is 0.0543. The van der Waals surface area contributed by atoms with Crippen molar-refractivity contribution in [3.05, 3.63) is 60.2 Å². The van der Waals surface area contributed by atoms with Crippen LogP contribution >= 0.6 is 0 Å². The van der Waals surface area contributed by atoms with Crippen LogP contribution in [-0.2, 0) is 11.2 Å². The predicted octanol–water partition coefficient (Wildman–Crippen LogP) is 4.43. The normalized spacial score (nSPS) is 17.0. The van der Waals surface area contributed by atoms with Crippen molar-refractivity contribution in [2.24, 2.45) is 0 Å². The van der Waals surface area contributed by atoms with E-state index in [1.165, 1.54) is 5.56 Å². The molecule has 1 amide bonds. The number of amides is 1. The zero-order chi connectivity index (χ0) is 17.2. The fraction of sp³-hybridized carbons (Fsp3) is 0.350. The van der Waals surface area contributed by atoms with Gasteiger partial charge in [0.25, 0.3) is 0 Å². The van der Waals surface area contributed by atoms with E-state index in [0.29, 0.717) is 18.8 Å². The zero-order valence-corrected chi connectivity index (χ0v) is 14.4. The molecule has 0 N–H and O–H groups in total. The fourth-order valence-corrected chi connectivity index (χ4v) is 2.83. The number of carbonyl (C=O) groups excluding carboxylic acids is 1. The molecule has 1 aliphatic heterocycles. The van der Waals surface area contributed by atoms with Gasteiger partial charge in [-0.15, -0.1) is 0 Å². The van der Waals surface area contributed by atoms with E-state index in [4.69, 9.17) is 9.47 Å². The summed E-state index contributed by atoms with van der Waals surface area (Å²) >= 11 is 0. The lowest BCUT2D eigenvalue weighted by Gasteiger charge is -2.37.